The number of ketones is 1. The summed E-state index contributed by atoms with van der Waals surface area (Å²) in [5.41, 5.74) is 4.57. The standard InChI is InChI=1S/C13H19O.3C4H9.Sn/c1-9(2)10(3)11-6-12(14)8-13(4,5)7-11;3*1-3-4-2;/h6H,3,7-8H2,1-2,4-5H3;3*1,3-4H2,2H3;. The van der Waals surface area contributed by atoms with Gasteiger partial charge in [0.05, 0.1) is 0 Å². The van der Waals surface area contributed by atoms with E-state index in [1.807, 2.05) is 6.08 Å². The van der Waals surface area contributed by atoms with E-state index in [0.717, 1.165) is 6.42 Å². The van der Waals surface area contributed by atoms with Crippen molar-refractivity contribution < 1.29 is 4.79 Å². The summed E-state index contributed by atoms with van der Waals surface area (Å²) in [6.07, 6.45) is 12.1. The third-order valence-corrected chi connectivity index (χ3v) is 21.6. The van der Waals surface area contributed by atoms with E-state index in [2.05, 4.69) is 48.5 Å². The molecule has 1 rings (SSSR count). The number of rotatable bonds is 12. The van der Waals surface area contributed by atoms with Gasteiger partial charge in [-0.1, -0.05) is 0 Å². The van der Waals surface area contributed by atoms with Crippen LogP contribution in [0.4, 0.5) is 0 Å². The zero-order valence-electron chi connectivity index (χ0n) is 19.5. The average molecular weight is 481 g/mol. The third-order valence-electron chi connectivity index (χ3n) is 6.38. The number of carbonyl (C=O) groups excluding carboxylic acids is 1. The first-order valence-electron chi connectivity index (χ1n) is 11.6. The number of unbranched alkanes of at least 4 members (excludes halogenated alkanes) is 3. The Labute approximate surface area is 174 Å². The molecule has 0 fully saturated rings. The fourth-order valence-electron chi connectivity index (χ4n) is 4.82. The quantitative estimate of drug-likeness (QED) is 0.256. The van der Waals surface area contributed by atoms with Crippen LogP contribution >= 0.6 is 0 Å². The number of carbonyl (C=O) groups is 1. The molecule has 0 saturated carbocycles. The Bertz CT molecular complexity index is 513. The van der Waals surface area contributed by atoms with E-state index in [-0.39, 0.29) is 5.41 Å². The summed E-state index contributed by atoms with van der Waals surface area (Å²) in [7, 11) is 0. The molecule has 156 valence electrons. The van der Waals surface area contributed by atoms with Crippen molar-refractivity contribution in [3.05, 3.63) is 22.8 Å². The molecule has 0 aromatic carbocycles. The first-order chi connectivity index (χ1) is 12.7. The van der Waals surface area contributed by atoms with Gasteiger partial charge in [-0.25, -0.2) is 0 Å². The van der Waals surface area contributed by atoms with Gasteiger partial charge >= 0.3 is 175 Å². The van der Waals surface area contributed by atoms with Crippen LogP contribution < -0.4 is 0 Å². The summed E-state index contributed by atoms with van der Waals surface area (Å²) in [6.45, 7) is 16.2. The van der Waals surface area contributed by atoms with Crippen molar-refractivity contribution in [2.45, 2.75) is 118 Å². The molecule has 0 aromatic heterocycles. The van der Waals surface area contributed by atoms with Crippen molar-refractivity contribution >= 4 is 24.2 Å². The van der Waals surface area contributed by atoms with E-state index < -0.39 is 18.4 Å². The SMILES string of the molecule is CCC[CH2][Sn]([CH2]CCC)([CH2]CCC)[CH2]C(C1=CC(=O)CC(C)(C)C1)=C(C)C. The molecule has 2 heteroatoms. The van der Waals surface area contributed by atoms with E-state index in [1.54, 1.807) is 18.9 Å². The van der Waals surface area contributed by atoms with Crippen molar-refractivity contribution in [2.75, 3.05) is 0 Å². The molecule has 0 atom stereocenters. The molecule has 0 spiro atoms. The Morgan fingerprint density at radius 1 is 0.926 bits per heavy atom. The van der Waals surface area contributed by atoms with Gasteiger partial charge in [0.2, 0.25) is 0 Å². The summed E-state index contributed by atoms with van der Waals surface area (Å²) in [5.74, 6) is 0.344. The molecule has 0 N–H and O–H groups in total. The maximum absolute atomic E-state index is 12.4. The second-order valence-electron chi connectivity index (χ2n) is 10.1. The molecule has 0 aromatic rings. The number of hydrogen-bond donors (Lipinski definition) is 0. The second kappa shape index (κ2) is 11.8. The van der Waals surface area contributed by atoms with Gasteiger partial charge in [0, 0.05) is 0 Å². The van der Waals surface area contributed by atoms with Gasteiger partial charge in [0.1, 0.15) is 0 Å². The Morgan fingerprint density at radius 3 is 1.78 bits per heavy atom. The molecule has 0 saturated heterocycles. The molecule has 0 bridgehead atoms. The van der Waals surface area contributed by atoms with E-state index in [9.17, 15) is 4.79 Å². The number of allylic oxidation sites excluding steroid dienone is 4. The van der Waals surface area contributed by atoms with Crippen molar-refractivity contribution in [3.8, 4) is 0 Å². The van der Waals surface area contributed by atoms with Crippen molar-refractivity contribution in [1.82, 2.24) is 0 Å². The summed E-state index contributed by atoms with van der Waals surface area (Å²) in [4.78, 5) is 12.4. The van der Waals surface area contributed by atoms with Crippen LogP contribution in [-0.4, -0.2) is 24.2 Å². The van der Waals surface area contributed by atoms with Crippen LogP contribution in [0.1, 0.15) is 99.8 Å². The van der Waals surface area contributed by atoms with Gasteiger partial charge in [0.15, 0.2) is 0 Å². The summed E-state index contributed by atoms with van der Waals surface area (Å²) < 4.78 is 6.03. The molecular weight excluding hydrogens is 435 g/mol. The average Bonchev–Trinajstić information content (AvgIpc) is 2.58. The Kier molecular flexibility index (Phi) is 10.9. The molecular formula is C25H46OSn. The summed E-state index contributed by atoms with van der Waals surface area (Å²) in [6, 6.07) is 0. The van der Waals surface area contributed by atoms with Gasteiger partial charge in [-0.15, -0.1) is 0 Å². The van der Waals surface area contributed by atoms with Crippen molar-refractivity contribution in [3.63, 3.8) is 0 Å². The van der Waals surface area contributed by atoms with E-state index in [0.29, 0.717) is 12.2 Å². The first-order valence-corrected chi connectivity index (χ1v) is 19.7. The van der Waals surface area contributed by atoms with Crippen LogP contribution in [0.3, 0.4) is 0 Å². The fraction of sp³-hybridized carbons (Fsp3) is 0.800. The maximum atomic E-state index is 12.4. The topological polar surface area (TPSA) is 17.1 Å². The summed E-state index contributed by atoms with van der Waals surface area (Å²) in [5, 5.41) is 0. The zero-order chi connectivity index (χ0) is 20.5. The van der Waals surface area contributed by atoms with Crippen LogP contribution in [0.5, 0.6) is 0 Å². The Morgan fingerprint density at radius 2 is 1.41 bits per heavy atom. The fourth-order valence-corrected chi connectivity index (χ4v) is 21.7. The van der Waals surface area contributed by atoms with Crippen LogP contribution in [0.15, 0.2) is 22.8 Å². The number of hydrogen-bond acceptors (Lipinski definition) is 1. The Hall–Kier alpha value is -0.0513. The monoisotopic (exact) mass is 482 g/mol. The molecule has 0 radical (unpaired) electrons. The van der Waals surface area contributed by atoms with E-state index >= 15 is 0 Å². The van der Waals surface area contributed by atoms with Gasteiger partial charge in [0.25, 0.3) is 0 Å². The van der Waals surface area contributed by atoms with Crippen LogP contribution in [-0.2, 0) is 4.79 Å². The predicted molar refractivity (Wildman–Crippen MR) is 124 cm³/mol. The molecule has 0 unspecified atom stereocenters. The van der Waals surface area contributed by atoms with Crippen molar-refractivity contribution in [1.29, 1.82) is 0 Å². The van der Waals surface area contributed by atoms with Gasteiger partial charge in [-0.3, -0.25) is 0 Å². The first kappa shape index (κ1) is 25.0. The van der Waals surface area contributed by atoms with E-state index in [4.69, 9.17) is 0 Å². The summed E-state index contributed by atoms with van der Waals surface area (Å²) >= 11 is -2.25. The zero-order valence-corrected chi connectivity index (χ0v) is 22.3. The van der Waals surface area contributed by atoms with Crippen LogP contribution in [0.2, 0.25) is 17.7 Å². The minimum absolute atomic E-state index is 0.121. The minimum atomic E-state index is -2.25. The second-order valence-corrected chi connectivity index (χ2v) is 24.0. The van der Waals surface area contributed by atoms with Gasteiger partial charge in [-0.2, -0.15) is 0 Å². The molecule has 0 aliphatic heterocycles. The molecule has 0 amide bonds. The predicted octanol–water partition coefficient (Wildman–Crippen LogP) is 8.49. The molecule has 1 aliphatic carbocycles. The van der Waals surface area contributed by atoms with Gasteiger partial charge in [-0.05, 0) is 0 Å². The molecule has 1 nitrogen and oxygen atoms in total. The normalized spacial score (nSPS) is 17.0. The molecule has 0 heterocycles. The molecule has 1 aliphatic rings. The molecule has 27 heavy (non-hydrogen) atoms. The van der Waals surface area contributed by atoms with Crippen LogP contribution in [0.25, 0.3) is 0 Å². The van der Waals surface area contributed by atoms with E-state index in [1.165, 1.54) is 54.1 Å². The Balaban J connectivity index is 3.22. The van der Waals surface area contributed by atoms with Crippen molar-refractivity contribution in [2.24, 2.45) is 5.41 Å². The third kappa shape index (κ3) is 8.46. The van der Waals surface area contributed by atoms with Gasteiger partial charge < -0.3 is 0 Å². The van der Waals surface area contributed by atoms with Crippen LogP contribution in [0, 0.1) is 5.41 Å².